The van der Waals surface area contributed by atoms with Crippen molar-refractivity contribution >= 4 is 32.6 Å². The number of rotatable bonds is 4. The second-order valence-electron chi connectivity index (χ2n) is 4.35. The Balaban J connectivity index is 2.17. The second kappa shape index (κ2) is 6.19. The molecule has 2 rings (SSSR count). The van der Waals surface area contributed by atoms with Gasteiger partial charge in [0.15, 0.2) is 0 Å². The smallest absolute Gasteiger partial charge is 0.207 e. The molecule has 0 atom stereocenters. The molecule has 0 aliphatic heterocycles. The molecule has 0 aliphatic carbocycles. The minimum atomic E-state index is -3.58. The molecular formula is C14H13FINO2S. The van der Waals surface area contributed by atoms with Gasteiger partial charge in [-0.05, 0) is 77.0 Å². The summed E-state index contributed by atoms with van der Waals surface area (Å²) in [4.78, 5) is 0.201. The maximum atomic E-state index is 13.2. The molecule has 1 N–H and O–H groups in total. The Morgan fingerprint density at radius 2 is 1.80 bits per heavy atom. The van der Waals surface area contributed by atoms with Gasteiger partial charge in [-0.3, -0.25) is 0 Å². The van der Waals surface area contributed by atoms with E-state index in [9.17, 15) is 12.8 Å². The van der Waals surface area contributed by atoms with Crippen LogP contribution in [0.2, 0.25) is 0 Å². The van der Waals surface area contributed by atoms with Crippen LogP contribution in [0.1, 0.15) is 11.1 Å². The number of halogens is 2. The van der Waals surface area contributed by atoms with E-state index in [1.165, 1.54) is 12.1 Å². The molecule has 106 valence electrons. The molecule has 0 bridgehead atoms. The van der Waals surface area contributed by atoms with E-state index < -0.39 is 10.0 Å². The van der Waals surface area contributed by atoms with Gasteiger partial charge >= 0.3 is 0 Å². The molecule has 0 saturated carbocycles. The maximum absolute atomic E-state index is 13.2. The van der Waals surface area contributed by atoms with Crippen molar-refractivity contribution in [3.8, 4) is 0 Å². The first-order valence-corrected chi connectivity index (χ1v) is 8.45. The Hall–Kier alpha value is -0.990. The van der Waals surface area contributed by atoms with Gasteiger partial charge < -0.3 is 0 Å². The van der Waals surface area contributed by atoms with Gasteiger partial charge in [0.25, 0.3) is 0 Å². The van der Waals surface area contributed by atoms with Crippen LogP contribution in [0.25, 0.3) is 0 Å². The molecule has 0 heterocycles. The van der Waals surface area contributed by atoms with Crippen LogP contribution in [0.3, 0.4) is 0 Å². The number of nitrogens with one attached hydrogen (secondary N) is 1. The monoisotopic (exact) mass is 405 g/mol. The molecule has 2 aromatic carbocycles. The summed E-state index contributed by atoms with van der Waals surface area (Å²) in [5, 5.41) is 0. The minimum absolute atomic E-state index is 0.0674. The van der Waals surface area contributed by atoms with Crippen LogP contribution in [0.5, 0.6) is 0 Å². The van der Waals surface area contributed by atoms with Crippen LogP contribution in [0.15, 0.2) is 47.4 Å². The Labute approximate surface area is 131 Å². The van der Waals surface area contributed by atoms with Gasteiger partial charge in [0.05, 0.1) is 4.90 Å². The highest BCUT2D eigenvalue weighted by atomic mass is 127. The highest BCUT2D eigenvalue weighted by Crippen LogP contribution is 2.14. The Morgan fingerprint density at radius 1 is 1.15 bits per heavy atom. The zero-order chi connectivity index (χ0) is 14.8. The standard InChI is InChI=1S/C14H13FINO2S/c1-10-2-3-12(15)8-11(10)9-17-20(18,19)14-6-4-13(16)5-7-14/h2-8,17H,9H2,1H3. The first-order valence-electron chi connectivity index (χ1n) is 5.89. The Bertz CT molecular complexity index is 714. The van der Waals surface area contributed by atoms with E-state index in [2.05, 4.69) is 27.3 Å². The van der Waals surface area contributed by atoms with E-state index in [-0.39, 0.29) is 17.3 Å². The van der Waals surface area contributed by atoms with E-state index in [0.29, 0.717) is 5.56 Å². The fourth-order valence-corrected chi connectivity index (χ4v) is 3.07. The molecule has 0 unspecified atom stereocenters. The average molecular weight is 405 g/mol. The fraction of sp³-hybridized carbons (Fsp3) is 0.143. The zero-order valence-corrected chi connectivity index (χ0v) is 13.7. The normalized spacial score (nSPS) is 11.6. The molecule has 0 spiro atoms. The zero-order valence-electron chi connectivity index (χ0n) is 10.7. The molecule has 0 aliphatic rings. The fourth-order valence-electron chi connectivity index (χ4n) is 1.70. The summed E-state index contributed by atoms with van der Waals surface area (Å²) in [5.74, 6) is -0.376. The minimum Gasteiger partial charge on any atom is -0.207 e. The van der Waals surface area contributed by atoms with Crippen molar-refractivity contribution in [3.05, 3.63) is 63.0 Å². The third-order valence-corrected chi connectivity index (χ3v) is 5.02. The van der Waals surface area contributed by atoms with Gasteiger partial charge in [-0.25, -0.2) is 17.5 Å². The summed E-state index contributed by atoms with van der Waals surface area (Å²) < 4.78 is 40.8. The Morgan fingerprint density at radius 3 is 2.45 bits per heavy atom. The van der Waals surface area contributed by atoms with Crippen molar-refractivity contribution in [2.75, 3.05) is 0 Å². The second-order valence-corrected chi connectivity index (χ2v) is 7.36. The number of aryl methyl sites for hydroxylation is 1. The van der Waals surface area contributed by atoms with Crippen molar-refractivity contribution in [2.45, 2.75) is 18.4 Å². The van der Waals surface area contributed by atoms with Gasteiger partial charge in [-0.2, -0.15) is 0 Å². The van der Waals surface area contributed by atoms with Crippen molar-refractivity contribution in [3.63, 3.8) is 0 Å². The van der Waals surface area contributed by atoms with Gasteiger partial charge in [-0.15, -0.1) is 0 Å². The van der Waals surface area contributed by atoms with E-state index in [4.69, 9.17) is 0 Å². The van der Waals surface area contributed by atoms with Crippen LogP contribution in [0.4, 0.5) is 4.39 Å². The molecule has 0 saturated heterocycles. The van der Waals surface area contributed by atoms with Crippen LogP contribution in [0, 0.1) is 16.3 Å². The maximum Gasteiger partial charge on any atom is 0.240 e. The summed E-state index contributed by atoms with van der Waals surface area (Å²) in [6.07, 6.45) is 0. The predicted octanol–water partition coefficient (Wildman–Crippen LogP) is 3.22. The van der Waals surface area contributed by atoms with E-state index in [0.717, 1.165) is 9.13 Å². The third-order valence-electron chi connectivity index (χ3n) is 2.89. The molecule has 0 aromatic heterocycles. The molecule has 0 radical (unpaired) electrons. The molecule has 0 amide bonds. The van der Waals surface area contributed by atoms with Crippen LogP contribution in [-0.2, 0) is 16.6 Å². The van der Waals surface area contributed by atoms with Gasteiger partial charge in [0.2, 0.25) is 10.0 Å². The molecule has 2 aromatic rings. The molecule has 6 heteroatoms. The SMILES string of the molecule is Cc1ccc(F)cc1CNS(=O)(=O)c1ccc(I)cc1. The first kappa shape index (κ1) is 15.4. The van der Waals surface area contributed by atoms with E-state index >= 15 is 0 Å². The highest BCUT2D eigenvalue weighted by molar-refractivity contribution is 14.1. The first-order chi connectivity index (χ1) is 9.38. The third kappa shape index (κ3) is 3.77. The summed E-state index contributed by atoms with van der Waals surface area (Å²) >= 11 is 2.11. The van der Waals surface area contributed by atoms with Gasteiger partial charge in [0, 0.05) is 10.1 Å². The van der Waals surface area contributed by atoms with Crippen LogP contribution in [-0.4, -0.2) is 8.42 Å². The van der Waals surface area contributed by atoms with Gasteiger partial charge in [-0.1, -0.05) is 6.07 Å². The highest BCUT2D eigenvalue weighted by Gasteiger charge is 2.14. The topological polar surface area (TPSA) is 46.2 Å². The lowest BCUT2D eigenvalue weighted by atomic mass is 10.1. The van der Waals surface area contributed by atoms with Crippen molar-refractivity contribution in [1.29, 1.82) is 0 Å². The van der Waals surface area contributed by atoms with E-state index in [1.807, 2.05) is 6.92 Å². The average Bonchev–Trinajstić information content (AvgIpc) is 2.40. The molecule has 20 heavy (non-hydrogen) atoms. The Kier molecular flexibility index (Phi) is 4.77. The summed E-state index contributed by atoms with van der Waals surface area (Å²) in [6.45, 7) is 1.88. The number of hydrogen-bond acceptors (Lipinski definition) is 2. The van der Waals surface area contributed by atoms with Crippen molar-refractivity contribution < 1.29 is 12.8 Å². The molecular weight excluding hydrogens is 392 g/mol. The quantitative estimate of drug-likeness (QED) is 0.795. The van der Waals surface area contributed by atoms with Crippen molar-refractivity contribution in [2.24, 2.45) is 0 Å². The summed E-state index contributed by atoms with van der Waals surface area (Å²) in [5.41, 5.74) is 1.47. The van der Waals surface area contributed by atoms with Crippen LogP contribution < -0.4 is 4.72 Å². The van der Waals surface area contributed by atoms with Gasteiger partial charge in [0.1, 0.15) is 5.82 Å². The summed E-state index contributed by atoms with van der Waals surface area (Å²) in [6, 6.07) is 10.9. The van der Waals surface area contributed by atoms with Crippen molar-refractivity contribution in [1.82, 2.24) is 4.72 Å². The lowest BCUT2D eigenvalue weighted by molar-refractivity contribution is 0.580. The lowest BCUT2D eigenvalue weighted by Crippen LogP contribution is -2.23. The number of hydrogen-bond donors (Lipinski definition) is 1. The largest absolute Gasteiger partial charge is 0.240 e. The predicted molar refractivity (Wildman–Crippen MR) is 84.3 cm³/mol. The number of sulfonamides is 1. The molecule has 3 nitrogen and oxygen atoms in total. The van der Waals surface area contributed by atoms with Crippen LogP contribution >= 0.6 is 22.6 Å². The summed E-state index contributed by atoms with van der Waals surface area (Å²) in [7, 11) is -3.58. The molecule has 0 fully saturated rings. The number of benzene rings is 2. The lowest BCUT2D eigenvalue weighted by Gasteiger charge is -2.09. The van der Waals surface area contributed by atoms with E-state index in [1.54, 1.807) is 30.3 Å².